The van der Waals surface area contributed by atoms with Gasteiger partial charge in [-0.3, -0.25) is 0 Å². The van der Waals surface area contributed by atoms with Crippen molar-refractivity contribution in [2.45, 2.75) is 19.8 Å². The Morgan fingerprint density at radius 3 is 2.55 bits per heavy atom. The van der Waals surface area contributed by atoms with E-state index in [1.165, 1.54) is 6.07 Å². The van der Waals surface area contributed by atoms with Crippen molar-refractivity contribution in [1.29, 1.82) is 0 Å². The van der Waals surface area contributed by atoms with Crippen molar-refractivity contribution in [3.8, 4) is 5.88 Å². The number of anilines is 1. The first kappa shape index (κ1) is 7.78. The standard InChI is InChI=1S/C7H11N3O/c1-4(2)7-9-5(8)3-6(11)10-7/h3-4H,1-2H3,(H3,8,9,10,11). The van der Waals surface area contributed by atoms with Crippen LogP contribution in [0.4, 0.5) is 5.82 Å². The molecule has 60 valence electrons. The largest absolute Gasteiger partial charge is 0.493 e. The molecule has 0 spiro atoms. The maximum atomic E-state index is 9.01. The second kappa shape index (κ2) is 2.74. The van der Waals surface area contributed by atoms with Gasteiger partial charge in [0.2, 0.25) is 5.88 Å². The van der Waals surface area contributed by atoms with Gasteiger partial charge in [-0.05, 0) is 0 Å². The summed E-state index contributed by atoms with van der Waals surface area (Å²) >= 11 is 0. The third kappa shape index (κ3) is 1.80. The Hall–Kier alpha value is -1.32. The fourth-order valence-electron chi connectivity index (χ4n) is 0.730. The summed E-state index contributed by atoms with van der Waals surface area (Å²) in [6.07, 6.45) is 0. The molecule has 11 heavy (non-hydrogen) atoms. The molecule has 0 bridgehead atoms. The van der Waals surface area contributed by atoms with Gasteiger partial charge in [0.1, 0.15) is 11.6 Å². The molecular formula is C7H11N3O. The van der Waals surface area contributed by atoms with Crippen LogP contribution in [0.3, 0.4) is 0 Å². The average Bonchev–Trinajstić information content (AvgIpc) is 1.85. The third-order valence-electron chi connectivity index (χ3n) is 1.27. The van der Waals surface area contributed by atoms with E-state index >= 15 is 0 Å². The topological polar surface area (TPSA) is 72.0 Å². The number of nitrogens with two attached hydrogens (primary N) is 1. The van der Waals surface area contributed by atoms with Crippen molar-refractivity contribution in [3.05, 3.63) is 11.9 Å². The summed E-state index contributed by atoms with van der Waals surface area (Å²) in [6, 6.07) is 1.33. The molecule has 4 heteroatoms. The fraction of sp³-hybridized carbons (Fsp3) is 0.429. The predicted molar refractivity (Wildman–Crippen MR) is 42.2 cm³/mol. The molecule has 0 aliphatic heterocycles. The maximum absolute atomic E-state index is 9.01. The highest BCUT2D eigenvalue weighted by Crippen LogP contribution is 2.14. The van der Waals surface area contributed by atoms with Crippen LogP contribution < -0.4 is 5.73 Å². The van der Waals surface area contributed by atoms with E-state index in [0.717, 1.165) is 0 Å². The van der Waals surface area contributed by atoms with Crippen molar-refractivity contribution in [2.24, 2.45) is 0 Å². The van der Waals surface area contributed by atoms with Gasteiger partial charge in [-0.2, -0.15) is 4.98 Å². The lowest BCUT2D eigenvalue weighted by Crippen LogP contribution is -2.00. The van der Waals surface area contributed by atoms with Crippen molar-refractivity contribution >= 4 is 5.82 Å². The molecule has 3 N–H and O–H groups in total. The molecule has 0 atom stereocenters. The van der Waals surface area contributed by atoms with Crippen LogP contribution in [0.1, 0.15) is 25.6 Å². The van der Waals surface area contributed by atoms with E-state index in [-0.39, 0.29) is 11.8 Å². The first-order chi connectivity index (χ1) is 5.09. The molecule has 0 amide bonds. The van der Waals surface area contributed by atoms with Gasteiger partial charge in [-0.1, -0.05) is 13.8 Å². The summed E-state index contributed by atoms with van der Waals surface area (Å²) in [5.41, 5.74) is 5.39. The van der Waals surface area contributed by atoms with E-state index in [9.17, 15) is 0 Å². The summed E-state index contributed by atoms with van der Waals surface area (Å²) < 4.78 is 0. The predicted octanol–water partition coefficient (Wildman–Crippen LogP) is 0.888. The number of hydrogen-bond donors (Lipinski definition) is 2. The minimum Gasteiger partial charge on any atom is -0.493 e. The van der Waals surface area contributed by atoms with Crippen LogP contribution in [0, 0.1) is 0 Å². The summed E-state index contributed by atoms with van der Waals surface area (Å²) in [4.78, 5) is 7.74. The monoisotopic (exact) mass is 153 g/mol. The summed E-state index contributed by atoms with van der Waals surface area (Å²) in [5, 5.41) is 9.01. The van der Waals surface area contributed by atoms with Crippen LogP contribution in [0.15, 0.2) is 6.07 Å². The smallest absolute Gasteiger partial charge is 0.216 e. The van der Waals surface area contributed by atoms with Gasteiger partial charge in [-0.25, -0.2) is 4.98 Å². The van der Waals surface area contributed by atoms with Crippen LogP contribution in [-0.2, 0) is 0 Å². The molecule has 0 saturated carbocycles. The van der Waals surface area contributed by atoms with Crippen molar-refractivity contribution in [3.63, 3.8) is 0 Å². The Morgan fingerprint density at radius 2 is 2.09 bits per heavy atom. The van der Waals surface area contributed by atoms with E-state index < -0.39 is 0 Å². The summed E-state index contributed by atoms with van der Waals surface area (Å²) in [5.74, 6) is 0.995. The number of aromatic hydroxyl groups is 1. The van der Waals surface area contributed by atoms with Gasteiger partial charge in [-0.15, -0.1) is 0 Å². The Bertz CT molecular complexity index is 240. The molecule has 1 rings (SSSR count). The second-order valence-electron chi connectivity index (χ2n) is 2.66. The van der Waals surface area contributed by atoms with E-state index in [1.54, 1.807) is 0 Å². The quantitative estimate of drug-likeness (QED) is 0.628. The number of rotatable bonds is 1. The SMILES string of the molecule is CC(C)c1nc(N)cc(O)n1. The van der Waals surface area contributed by atoms with Crippen molar-refractivity contribution in [1.82, 2.24) is 9.97 Å². The maximum Gasteiger partial charge on any atom is 0.216 e. The zero-order valence-corrected chi connectivity index (χ0v) is 6.57. The van der Waals surface area contributed by atoms with Gasteiger partial charge >= 0.3 is 0 Å². The molecule has 0 aliphatic rings. The zero-order chi connectivity index (χ0) is 8.43. The Kier molecular flexibility index (Phi) is 1.94. The van der Waals surface area contributed by atoms with E-state index in [2.05, 4.69) is 9.97 Å². The van der Waals surface area contributed by atoms with Gasteiger partial charge < -0.3 is 10.8 Å². The highest BCUT2D eigenvalue weighted by Gasteiger charge is 2.04. The van der Waals surface area contributed by atoms with Crippen LogP contribution in [-0.4, -0.2) is 15.1 Å². The lowest BCUT2D eigenvalue weighted by atomic mass is 10.2. The van der Waals surface area contributed by atoms with Gasteiger partial charge in [0.05, 0.1) is 0 Å². The van der Waals surface area contributed by atoms with Crippen LogP contribution in [0.2, 0.25) is 0 Å². The molecule has 1 aromatic rings. The Labute approximate surface area is 65.1 Å². The molecule has 0 radical (unpaired) electrons. The zero-order valence-electron chi connectivity index (χ0n) is 6.57. The Balaban J connectivity index is 3.08. The fourth-order valence-corrected chi connectivity index (χ4v) is 0.730. The van der Waals surface area contributed by atoms with Crippen molar-refractivity contribution in [2.75, 3.05) is 5.73 Å². The molecule has 1 aromatic heterocycles. The molecule has 0 aromatic carbocycles. The van der Waals surface area contributed by atoms with Gasteiger partial charge in [0.15, 0.2) is 0 Å². The van der Waals surface area contributed by atoms with E-state index in [1.807, 2.05) is 13.8 Å². The van der Waals surface area contributed by atoms with Crippen molar-refractivity contribution < 1.29 is 5.11 Å². The van der Waals surface area contributed by atoms with E-state index in [4.69, 9.17) is 10.8 Å². The number of aromatic nitrogens is 2. The lowest BCUT2D eigenvalue weighted by molar-refractivity contribution is 0.447. The molecule has 0 unspecified atom stereocenters. The third-order valence-corrected chi connectivity index (χ3v) is 1.27. The second-order valence-corrected chi connectivity index (χ2v) is 2.66. The molecule has 0 fully saturated rings. The molecule has 0 aliphatic carbocycles. The normalized spacial score (nSPS) is 10.5. The minimum atomic E-state index is -0.0683. The van der Waals surface area contributed by atoms with Gasteiger partial charge in [0.25, 0.3) is 0 Å². The van der Waals surface area contributed by atoms with Crippen LogP contribution >= 0.6 is 0 Å². The molecular weight excluding hydrogens is 142 g/mol. The Morgan fingerprint density at radius 1 is 1.45 bits per heavy atom. The minimum absolute atomic E-state index is 0.0683. The highest BCUT2D eigenvalue weighted by atomic mass is 16.3. The molecule has 1 heterocycles. The lowest BCUT2D eigenvalue weighted by Gasteiger charge is -2.03. The van der Waals surface area contributed by atoms with Gasteiger partial charge in [0, 0.05) is 12.0 Å². The van der Waals surface area contributed by atoms with Crippen LogP contribution in [0.5, 0.6) is 5.88 Å². The molecule has 0 saturated heterocycles. The number of nitrogen functional groups attached to an aromatic ring is 1. The van der Waals surface area contributed by atoms with Crippen LogP contribution in [0.25, 0.3) is 0 Å². The highest BCUT2D eigenvalue weighted by molar-refractivity contribution is 5.32. The number of hydrogen-bond acceptors (Lipinski definition) is 4. The van der Waals surface area contributed by atoms with E-state index in [0.29, 0.717) is 11.6 Å². The number of nitrogens with zero attached hydrogens (tertiary/aromatic N) is 2. The summed E-state index contributed by atoms with van der Waals surface area (Å²) in [6.45, 7) is 3.88. The first-order valence-electron chi connectivity index (χ1n) is 3.43. The first-order valence-corrected chi connectivity index (χ1v) is 3.43. The molecule has 4 nitrogen and oxygen atoms in total. The average molecular weight is 153 g/mol. The summed E-state index contributed by atoms with van der Waals surface area (Å²) in [7, 11) is 0.